The summed E-state index contributed by atoms with van der Waals surface area (Å²) < 4.78 is 2.22. The normalized spacial score (nSPS) is 28.9. The van der Waals surface area contributed by atoms with E-state index in [2.05, 4.69) is 23.8 Å². The number of aliphatic hydroxyl groups is 1. The Morgan fingerprint density at radius 1 is 1.73 bits per heavy atom. The average Bonchev–Trinajstić information content (AvgIpc) is 2.55. The lowest BCUT2D eigenvalue weighted by Crippen LogP contribution is -2.22. The van der Waals surface area contributed by atoms with Crippen molar-refractivity contribution in [3.05, 3.63) is 24.0 Å². The van der Waals surface area contributed by atoms with Crippen molar-refractivity contribution in [2.75, 3.05) is 6.61 Å². The first-order valence-electron chi connectivity index (χ1n) is 4.03. The first kappa shape index (κ1) is 6.92. The lowest BCUT2D eigenvalue weighted by atomic mass is 9.87. The summed E-state index contributed by atoms with van der Waals surface area (Å²) in [4.78, 5) is 0. The second-order valence-corrected chi connectivity index (χ2v) is 3.56. The van der Waals surface area contributed by atoms with Crippen LogP contribution in [0.3, 0.4) is 0 Å². The molecule has 11 heavy (non-hydrogen) atoms. The van der Waals surface area contributed by atoms with Crippen LogP contribution in [-0.2, 0) is 12.0 Å². The predicted molar refractivity (Wildman–Crippen MR) is 43.5 cm³/mol. The summed E-state index contributed by atoms with van der Waals surface area (Å²) in [7, 11) is 0. The molecule has 0 saturated heterocycles. The number of rotatable bonds is 1. The fourth-order valence-corrected chi connectivity index (χ4v) is 1.81. The van der Waals surface area contributed by atoms with Crippen molar-refractivity contribution < 1.29 is 5.11 Å². The molecule has 60 valence electrons. The molecular weight excluding hydrogens is 138 g/mol. The molecule has 1 aromatic heterocycles. The molecule has 0 bridgehead atoms. The molecule has 1 unspecified atom stereocenters. The van der Waals surface area contributed by atoms with Gasteiger partial charge >= 0.3 is 0 Å². The van der Waals surface area contributed by atoms with Gasteiger partial charge in [0.1, 0.15) is 0 Å². The summed E-state index contributed by atoms with van der Waals surface area (Å²) in [6, 6.07) is 4.14. The van der Waals surface area contributed by atoms with E-state index in [-0.39, 0.29) is 12.0 Å². The summed E-state index contributed by atoms with van der Waals surface area (Å²) in [6.07, 6.45) is 3.15. The maximum Gasteiger partial charge on any atom is 0.0540 e. The Labute approximate surface area is 66.5 Å². The highest BCUT2D eigenvalue weighted by Crippen LogP contribution is 2.33. The predicted octanol–water partition coefficient (Wildman–Crippen LogP) is 1.14. The lowest BCUT2D eigenvalue weighted by molar-refractivity contribution is 0.205. The Balaban J connectivity index is 2.45. The van der Waals surface area contributed by atoms with Gasteiger partial charge in [-0.05, 0) is 18.6 Å². The SMILES string of the molecule is CC1(CO)CCn2cccc21. The van der Waals surface area contributed by atoms with Gasteiger partial charge in [-0.15, -0.1) is 0 Å². The third-order valence-electron chi connectivity index (χ3n) is 2.70. The Kier molecular flexibility index (Phi) is 1.33. The van der Waals surface area contributed by atoms with E-state index in [4.69, 9.17) is 0 Å². The number of hydrogen-bond donors (Lipinski definition) is 1. The van der Waals surface area contributed by atoms with E-state index in [0.29, 0.717) is 0 Å². The van der Waals surface area contributed by atoms with Crippen LogP contribution >= 0.6 is 0 Å². The van der Waals surface area contributed by atoms with E-state index in [1.807, 2.05) is 6.07 Å². The molecule has 2 heteroatoms. The van der Waals surface area contributed by atoms with E-state index in [1.54, 1.807) is 0 Å². The van der Waals surface area contributed by atoms with Gasteiger partial charge in [-0.2, -0.15) is 0 Å². The number of hydrogen-bond acceptors (Lipinski definition) is 1. The van der Waals surface area contributed by atoms with Crippen molar-refractivity contribution in [1.29, 1.82) is 0 Å². The fourth-order valence-electron chi connectivity index (χ4n) is 1.81. The monoisotopic (exact) mass is 151 g/mol. The van der Waals surface area contributed by atoms with Gasteiger partial charge in [0.25, 0.3) is 0 Å². The largest absolute Gasteiger partial charge is 0.395 e. The molecule has 1 atom stereocenters. The Hall–Kier alpha value is -0.760. The zero-order valence-corrected chi connectivity index (χ0v) is 6.75. The lowest BCUT2D eigenvalue weighted by Gasteiger charge is -2.19. The molecule has 0 radical (unpaired) electrons. The highest BCUT2D eigenvalue weighted by atomic mass is 16.3. The highest BCUT2D eigenvalue weighted by Gasteiger charge is 2.33. The van der Waals surface area contributed by atoms with Crippen LogP contribution < -0.4 is 0 Å². The number of aromatic nitrogens is 1. The molecule has 1 aliphatic heterocycles. The van der Waals surface area contributed by atoms with Crippen molar-refractivity contribution in [2.24, 2.45) is 0 Å². The standard InChI is InChI=1S/C9H13NO/c1-9(7-11)4-6-10-5-2-3-8(9)10/h2-3,5,11H,4,6-7H2,1H3. The van der Waals surface area contributed by atoms with Gasteiger partial charge < -0.3 is 9.67 Å². The van der Waals surface area contributed by atoms with E-state index in [1.165, 1.54) is 5.69 Å². The second-order valence-electron chi connectivity index (χ2n) is 3.56. The molecule has 0 spiro atoms. The second kappa shape index (κ2) is 2.11. The average molecular weight is 151 g/mol. The molecule has 0 aliphatic carbocycles. The molecule has 0 fully saturated rings. The summed E-state index contributed by atoms with van der Waals surface area (Å²) in [5.74, 6) is 0. The highest BCUT2D eigenvalue weighted by molar-refractivity contribution is 5.22. The topological polar surface area (TPSA) is 25.2 Å². The van der Waals surface area contributed by atoms with E-state index < -0.39 is 0 Å². The Bertz CT molecular complexity index is 266. The molecule has 0 saturated carbocycles. The number of aryl methyl sites for hydroxylation is 1. The number of fused-ring (bicyclic) bond motifs is 1. The van der Waals surface area contributed by atoms with Crippen molar-refractivity contribution in [3.63, 3.8) is 0 Å². The van der Waals surface area contributed by atoms with Crippen LogP contribution in [0.4, 0.5) is 0 Å². The molecule has 1 N–H and O–H groups in total. The van der Waals surface area contributed by atoms with Gasteiger partial charge in [0.15, 0.2) is 0 Å². The van der Waals surface area contributed by atoms with Crippen molar-refractivity contribution in [2.45, 2.75) is 25.3 Å². The van der Waals surface area contributed by atoms with E-state index in [9.17, 15) is 5.11 Å². The molecule has 2 nitrogen and oxygen atoms in total. The van der Waals surface area contributed by atoms with Gasteiger partial charge in [-0.25, -0.2) is 0 Å². The number of aliphatic hydroxyl groups excluding tert-OH is 1. The van der Waals surface area contributed by atoms with Crippen LogP contribution in [0.1, 0.15) is 19.0 Å². The van der Waals surface area contributed by atoms with E-state index in [0.717, 1.165) is 13.0 Å². The zero-order valence-electron chi connectivity index (χ0n) is 6.75. The Morgan fingerprint density at radius 2 is 2.55 bits per heavy atom. The van der Waals surface area contributed by atoms with Gasteiger partial charge in [0.2, 0.25) is 0 Å². The van der Waals surface area contributed by atoms with Gasteiger partial charge in [-0.3, -0.25) is 0 Å². The molecule has 2 heterocycles. The zero-order chi connectivity index (χ0) is 7.90. The first-order valence-corrected chi connectivity index (χ1v) is 4.03. The summed E-state index contributed by atoms with van der Waals surface area (Å²) in [6.45, 7) is 3.43. The molecule has 1 aromatic rings. The van der Waals surface area contributed by atoms with Crippen molar-refractivity contribution in [3.8, 4) is 0 Å². The summed E-state index contributed by atoms with van der Waals surface area (Å²) in [5, 5.41) is 9.18. The van der Waals surface area contributed by atoms with Crippen LogP contribution in [0.2, 0.25) is 0 Å². The van der Waals surface area contributed by atoms with Crippen LogP contribution in [-0.4, -0.2) is 16.3 Å². The van der Waals surface area contributed by atoms with Crippen LogP contribution in [0.5, 0.6) is 0 Å². The maximum atomic E-state index is 9.18. The van der Waals surface area contributed by atoms with Gasteiger partial charge in [-0.1, -0.05) is 6.92 Å². The molecular formula is C9H13NO. The first-order chi connectivity index (χ1) is 5.26. The summed E-state index contributed by atoms with van der Waals surface area (Å²) in [5.41, 5.74) is 1.30. The third kappa shape index (κ3) is 0.824. The molecule has 0 amide bonds. The van der Waals surface area contributed by atoms with Crippen LogP contribution in [0.15, 0.2) is 18.3 Å². The van der Waals surface area contributed by atoms with E-state index >= 15 is 0 Å². The quantitative estimate of drug-likeness (QED) is 0.639. The van der Waals surface area contributed by atoms with Gasteiger partial charge in [0, 0.05) is 23.9 Å². The molecule has 1 aliphatic rings. The minimum absolute atomic E-state index is 0.0174. The minimum Gasteiger partial charge on any atom is -0.395 e. The van der Waals surface area contributed by atoms with Crippen LogP contribution in [0.25, 0.3) is 0 Å². The molecule has 2 rings (SSSR count). The third-order valence-corrected chi connectivity index (χ3v) is 2.70. The van der Waals surface area contributed by atoms with Crippen molar-refractivity contribution >= 4 is 0 Å². The van der Waals surface area contributed by atoms with Crippen LogP contribution in [0, 0.1) is 0 Å². The van der Waals surface area contributed by atoms with Gasteiger partial charge in [0.05, 0.1) is 6.61 Å². The fraction of sp³-hybridized carbons (Fsp3) is 0.556. The smallest absolute Gasteiger partial charge is 0.0540 e. The minimum atomic E-state index is 0.0174. The maximum absolute atomic E-state index is 9.18. The number of nitrogens with zero attached hydrogens (tertiary/aromatic N) is 1. The molecule has 0 aromatic carbocycles. The van der Waals surface area contributed by atoms with Crippen molar-refractivity contribution in [1.82, 2.24) is 4.57 Å². The summed E-state index contributed by atoms with van der Waals surface area (Å²) >= 11 is 0. The Morgan fingerprint density at radius 3 is 3.27 bits per heavy atom.